The zero-order valence-corrected chi connectivity index (χ0v) is 15.2. The molecule has 1 atom stereocenters. The van der Waals surface area contributed by atoms with Crippen LogP contribution in [-0.2, 0) is 11.2 Å². The number of benzene rings is 2. The van der Waals surface area contributed by atoms with Crippen molar-refractivity contribution >= 4 is 17.5 Å². The third-order valence-corrected chi connectivity index (χ3v) is 4.00. The predicted octanol–water partition coefficient (Wildman–Crippen LogP) is 3.86. The van der Waals surface area contributed by atoms with Gasteiger partial charge in [-0.15, -0.1) is 0 Å². The van der Waals surface area contributed by atoms with Gasteiger partial charge in [-0.3, -0.25) is 9.59 Å². The van der Waals surface area contributed by atoms with Crippen molar-refractivity contribution in [3.8, 4) is 5.75 Å². The Kier molecular flexibility index (Phi) is 6.57. The van der Waals surface area contributed by atoms with Gasteiger partial charge in [0.15, 0.2) is 5.76 Å². The molecular weight excluding hydrogens is 382 g/mol. The maximum absolute atomic E-state index is 12.8. The molecule has 0 unspecified atom stereocenters. The normalized spacial score (nSPS) is 11.7. The van der Waals surface area contributed by atoms with E-state index in [1.807, 2.05) is 30.3 Å². The van der Waals surface area contributed by atoms with Crippen molar-refractivity contribution in [1.29, 1.82) is 0 Å². The number of anilines is 1. The van der Waals surface area contributed by atoms with Crippen molar-refractivity contribution in [3.63, 3.8) is 0 Å². The topological polar surface area (TPSA) is 80.6 Å². The van der Waals surface area contributed by atoms with E-state index >= 15 is 0 Å². The van der Waals surface area contributed by atoms with Crippen molar-refractivity contribution in [2.45, 2.75) is 19.1 Å². The Morgan fingerprint density at radius 1 is 0.966 bits per heavy atom. The third kappa shape index (κ3) is 5.90. The molecule has 0 fully saturated rings. The summed E-state index contributed by atoms with van der Waals surface area (Å²) in [5, 5.41) is 5.32. The van der Waals surface area contributed by atoms with Gasteiger partial charge in [-0.1, -0.05) is 30.3 Å². The quantitative estimate of drug-likeness (QED) is 0.602. The van der Waals surface area contributed by atoms with Gasteiger partial charge in [0.2, 0.25) is 5.91 Å². The summed E-state index contributed by atoms with van der Waals surface area (Å²) >= 11 is 0. The molecule has 0 saturated carbocycles. The first kappa shape index (κ1) is 20.1. The van der Waals surface area contributed by atoms with Crippen LogP contribution in [0.5, 0.6) is 5.75 Å². The molecule has 1 aromatic heterocycles. The lowest BCUT2D eigenvalue weighted by molar-refractivity contribution is -0.118. The minimum absolute atomic E-state index is 0.0232. The van der Waals surface area contributed by atoms with E-state index in [9.17, 15) is 18.4 Å². The summed E-state index contributed by atoms with van der Waals surface area (Å²) in [5.74, 6) is -0.919. The molecule has 2 aromatic carbocycles. The largest absolute Gasteiger partial charge is 0.459 e. The minimum Gasteiger partial charge on any atom is -0.459 e. The molecule has 0 aliphatic rings. The summed E-state index contributed by atoms with van der Waals surface area (Å²) in [4.78, 5) is 25.1. The second kappa shape index (κ2) is 9.50. The smallest absolute Gasteiger partial charge is 0.387 e. The van der Waals surface area contributed by atoms with E-state index < -0.39 is 24.5 Å². The van der Waals surface area contributed by atoms with Crippen LogP contribution in [0.1, 0.15) is 16.1 Å². The Bertz CT molecular complexity index is 929. The minimum atomic E-state index is -2.93. The number of carbonyl (C=O) groups excluding carboxylic acids is 2. The second-order valence-electron chi connectivity index (χ2n) is 6.09. The Morgan fingerprint density at radius 3 is 2.31 bits per heavy atom. The van der Waals surface area contributed by atoms with Crippen molar-refractivity contribution < 1.29 is 27.5 Å². The van der Waals surface area contributed by atoms with Crippen LogP contribution in [0.15, 0.2) is 77.4 Å². The number of nitrogens with one attached hydrogen (secondary N) is 2. The van der Waals surface area contributed by atoms with Crippen LogP contribution in [0.25, 0.3) is 0 Å². The summed E-state index contributed by atoms with van der Waals surface area (Å²) in [7, 11) is 0. The number of furan rings is 1. The van der Waals surface area contributed by atoms with E-state index in [1.54, 1.807) is 6.07 Å². The number of hydrogen-bond acceptors (Lipinski definition) is 4. The van der Waals surface area contributed by atoms with Crippen LogP contribution < -0.4 is 15.4 Å². The first-order valence-electron chi connectivity index (χ1n) is 8.75. The van der Waals surface area contributed by atoms with E-state index in [2.05, 4.69) is 15.4 Å². The van der Waals surface area contributed by atoms with Crippen molar-refractivity contribution in [2.75, 3.05) is 5.32 Å². The van der Waals surface area contributed by atoms with Crippen LogP contribution in [0.4, 0.5) is 14.5 Å². The molecule has 2 amide bonds. The molecule has 3 aromatic rings. The lowest BCUT2D eigenvalue weighted by Gasteiger charge is -2.18. The highest BCUT2D eigenvalue weighted by Gasteiger charge is 2.23. The molecule has 1 heterocycles. The number of carbonyl (C=O) groups is 2. The molecule has 0 radical (unpaired) electrons. The van der Waals surface area contributed by atoms with Crippen LogP contribution in [0, 0.1) is 0 Å². The highest BCUT2D eigenvalue weighted by atomic mass is 19.3. The third-order valence-electron chi connectivity index (χ3n) is 4.00. The maximum Gasteiger partial charge on any atom is 0.387 e. The van der Waals surface area contributed by atoms with Gasteiger partial charge in [-0.2, -0.15) is 8.78 Å². The summed E-state index contributed by atoms with van der Waals surface area (Å²) in [6, 6.07) is 16.9. The van der Waals surface area contributed by atoms with Crippen molar-refractivity contribution in [1.82, 2.24) is 5.32 Å². The average Bonchev–Trinajstić information content (AvgIpc) is 3.24. The molecule has 6 nitrogen and oxygen atoms in total. The van der Waals surface area contributed by atoms with Crippen LogP contribution in [0.2, 0.25) is 0 Å². The second-order valence-corrected chi connectivity index (χ2v) is 6.09. The molecule has 3 rings (SSSR count). The zero-order valence-electron chi connectivity index (χ0n) is 15.2. The average molecular weight is 400 g/mol. The van der Waals surface area contributed by atoms with Gasteiger partial charge in [0, 0.05) is 12.1 Å². The summed E-state index contributed by atoms with van der Waals surface area (Å²) in [5.41, 5.74) is 1.23. The molecule has 0 saturated heterocycles. The number of ether oxygens (including phenoxy) is 1. The van der Waals surface area contributed by atoms with E-state index in [0.29, 0.717) is 5.69 Å². The standard InChI is InChI=1S/C21H18F2N2O4/c22-21(23)29-16-10-8-15(9-11-16)24-19(26)17(13-14-5-2-1-3-6-14)25-20(27)18-7-4-12-28-18/h1-12,17,21H,13H2,(H,24,26)(H,25,27)/t17-/m0/s1. The number of hydrogen-bond donors (Lipinski definition) is 2. The number of amides is 2. The molecule has 29 heavy (non-hydrogen) atoms. The van der Waals surface area contributed by atoms with Gasteiger partial charge in [-0.25, -0.2) is 0 Å². The first-order chi connectivity index (χ1) is 14.0. The van der Waals surface area contributed by atoms with Crippen LogP contribution >= 0.6 is 0 Å². The van der Waals surface area contributed by atoms with Gasteiger partial charge in [-0.05, 0) is 42.0 Å². The summed E-state index contributed by atoms with van der Waals surface area (Å²) in [6.07, 6.45) is 1.62. The number of rotatable bonds is 8. The van der Waals surface area contributed by atoms with E-state index in [1.165, 1.54) is 36.6 Å². The highest BCUT2D eigenvalue weighted by molar-refractivity contribution is 6.00. The molecule has 150 valence electrons. The fourth-order valence-electron chi connectivity index (χ4n) is 2.65. The van der Waals surface area contributed by atoms with E-state index in [4.69, 9.17) is 4.42 Å². The molecule has 0 aliphatic carbocycles. The van der Waals surface area contributed by atoms with Gasteiger partial charge in [0.1, 0.15) is 11.8 Å². The van der Waals surface area contributed by atoms with Crippen LogP contribution in [-0.4, -0.2) is 24.5 Å². The molecule has 0 aliphatic heterocycles. The monoisotopic (exact) mass is 400 g/mol. The summed E-state index contributed by atoms with van der Waals surface area (Å²) < 4.78 is 33.8. The van der Waals surface area contributed by atoms with Crippen molar-refractivity contribution in [2.24, 2.45) is 0 Å². The van der Waals surface area contributed by atoms with Gasteiger partial charge < -0.3 is 19.8 Å². The fourth-order valence-corrected chi connectivity index (χ4v) is 2.65. The Labute approximate surface area is 165 Å². The van der Waals surface area contributed by atoms with Crippen molar-refractivity contribution in [3.05, 3.63) is 84.3 Å². The Morgan fingerprint density at radius 2 is 1.69 bits per heavy atom. The van der Waals surface area contributed by atoms with E-state index in [-0.39, 0.29) is 17.9 Å². The first-order valence-corrected chi connectivity index (χ1v) is 8.75. The predicted molar refractivity (Wildman–Crippen MR) is 102 cm³/mol. The van der Waals surface area contributed by atoms with Gasteiger partial charge in [0.05, 0.1) is 6.26 Å². The molecule has 0 spiro atoms. The van der Waals surface area contributed by atoms with E-state index in [0.717, 1.165) is 5.56 Å². The number of alkyl halides is 2. The molecule has 2 N–H and O–H groups in total. The van der Waals surface area contributed by atoms with Gasteiger partial charge >= 0.3 is 6.61 Å². The Hall–Kier alpha value is -3.68. The lowest BCUT2D eigenvalue weighted by Crippen LogP contribution is -2.45. The SMILES string of the molecule is O=C(N[C@@H](Cc1ccccc1)C(=O)Nc1ccc(OC(F)F)cc1)c1ccco1. The van der Waals surface area contributed by atoms with Crippen LogP contribution in [0.3, 0.4) is 0 Å². The molecular formula is C21H18F2N2O4. The molecule has 0 bridgehead atoms. The Balaban J connectivity index is 1.71. The maximum atomic E-state index is 12.8. The van der Waals surface area contributed by atoms with Gasteiger partial charge in [0.25, 0.3) is 5.91 Å². The fraction of sp³-hybridized carbons (Fsp3) is 0.143. The molecule has 8 heteroatoms. The zero-order chi connectivity index (χ0) is 20.6. The highest BCUT2D eigenvalue weighted by Crippen LogP contribution is 2.18. The summed E-state index contributed by atoms with van der Waals surface area (Å²) in [6.45, 7) is -2.93. The lowest BCUT2D eigenvalue weighted by atomic mass is 10.0. The number of halogens is 2.